The predicted octanol–water partition coefficient (Wildman–Crippen LogP) is 4.38. The third kappa shape index (κ3) is 3.55. The Bertz CT molecular complexity index is 434. The van der Waals surface area contributed by atoms with Gasteiger partial charge in [-0.1, -0.05) is 32.1 Å². The van der Waals surface area contributed by atoms with Crippen LogP contribution >= 0.6 is 0 Å². The minimum absolute atomic E-state index is 0.0631. The van der Waals surface area contributed by atoms with Crippen molar-refractivity contribution in [3.63, 3.8) is 0 Å². The van der Waals surface area contributed by atoms with E-state index in [-0.39, 0.29) is 17.5 Å². The molecule has 0 atom stereocenters. The number of carbonyl (C=O) groups excluding carboxylic acids is 1. The fourth-order valence-corrected chi connectivity index (χ4v) is 2.77. The summed E-state index contributed by atoms with van der Waals surface area (Å²) in [5.41, 5.74) is 0.476. The lowest BCUT2D eigenvalue weighted by molar-refractivity contribution is 0.0898. The van der Waals surface area contributed by atoms with Gasteiger partial charge in [0.25, 0.3) is 0 Å². The van der Waals surface area contributed by atoms with Crippen molar-refractivity contribution >= 4 is 5.78 Å². The molecule has 1 saturated carbocycles. The normalized spacial score (nSPS) is 17.6. The maximum atomic E-state index is 13.6. The van der Waals surface area contributed by atoms with Crippen molar-refractivity contribution < 1.29 is 13.9 Å². The van der Waals surface area contributed by atoms with Gasteiger partial charge in [-0.2, -0.15) is 0 Å². The quantitative estimate of drug-likeness (QED) is 0.757. The number of Topliss-reactive ketones (excluding diaryl/α,β-unsaturated/α-hetero) is 1. The zero-order chi connectivity index (χ0) is 13.7. The number of rotatable bonds is 3. The standard InChI is InChI=1S/C16H21FO2/c1-19-15-10-9-13(11-14(15)17)16(18)12-7-5-3-2-4-6-8-12/h9-12H,2-8H2,1H3. The molecule has 2 rings (SSSR count). The van der Waals surface area contributed by atoms with Crippen LogP contribution in [0.4, 0.5) is 4.39 Å². The van der Waals surface area contributed by atoms with Crippen LogP contribution in [0.25, 0.3) is 0 Å². The summed E-state index contributed by atoms with van der Waals surface area (Å²) in [6, 6.07) is 4.51. The molecule has 1 aromatic carbocycles. The molecule has 0 heterocycles. The molecule has 0 unspecified atom stereocenters. The van der Waals surface area contributed by atoms with Crippen molar-refractivity contribution in [2.45, 2.75) is 44.9 Å². The Balaban J connectivity index is 2.11. The van der Waals surface area contributed by atoms with E-state index < -0.39 is 5.82 Å². The molecule has 1 aliphatic carbocycles. The van der Waals surface area contributed by atoms with Crippen molar-refractivity contribution in [3.8, 4) is 5.75 Å². The van der Waals surface area contributed by atoms with Gasteiger partial charge in [-0.25, -0.2) is 4.39 Å². The molecule has 1 aliphatic rings. The highest BCUT2D eigenvalue weighted by molar-refractivity contribution is 5.98. The molecule has 104 valence electrons. The molecule has 0 bridgehead atoms. The second kappa shape index (κ2) is 6.69. The first-order valence-corrected chi connectivity index (χ1v) is 7.10. The predicted molar refractivity (Wildman–Crippen MR) is 73.1 cm³/mol. The minimum Gasteiger partial charge on any atom is -0.494 e. The van der Waals surface area contributed by atoms with Gasteiger partial charge < -0.3 is 4.74 Å². The Morgan fingerprint density at radius 3 is 2.37 bits per heavy atom. The number of hydrogen-bond donors (Lipinski definition) is 0. The summed E-state index contributed by atoms with van der Waals surface area (Å²) in [5, 5.41) is 0. The summed E-state index contributed by atoms with van der Waals surface area (Å²) in [4.78, 5) is 12.4. The topological polar surface area (TPSA) is 26.3 Å². The summed E-state index contributed by atoms with van der Waals surface area (Å²) < 4.78 is 18.5. The Labute approximate surface area is 114 Å². The number of methoxy groups -OCH3 is 1. The maximum Gasteiger partial charge on any atom is 0.166 e. The Morgan fingerprint density at radius 2 is 1.79 bits per heavy atom. The SMILES string of the molecule is COc1ccc(C(=O)C2CCCCCCC2)cc1F. The van der Waals surface area contributed by atoms with E-state index in [2.05, 4.69) is 0 Å². The average Bonchev–Trinajstić information content (AvgIpc) is 2.37. The lowest BCUT2D eigenvalue weighted by Crippen LogP contribution is -2.16. The van der Waals surface area contributed by atoms with Crippen LogP contribution in [0.2, 0.25) is 0 Å². The van der Waals surface area contributed by atoms with Crippen molar-refractivity contribution in [2.75, 3.05) is 7.11 Å². The number of hydrogen-bond acceptors (Lipinski definition) is 2. The molecule has 0 saturated heterocycles. The minimum atomic E-state index is -0.459. The van der Waals surface area contributed by atoms with E-state index >= 15 is 0 Å². The smallest absolute Gasteiger partial charge is 0.166 e. The van der Waals surface area contributed by atoms with Crippen molar-refractivity contribution in [1.29, 1.82) is 0 Å². The molecule has 2 nitrogen and oxygen atoms in total. The monoisotopic (exact) mass is 264 g/mol. The first kappa shape index (κ1) is 14.0. The number of halogens is 1. The maximum absolute atomic E-state index is 13.6. The van der Waals surface area contributed by atoms with Crippen molar-refractivity contribution in [1.82, 2.24) is 0 Å². The van der Waals surface area contributed by atoms with Crippen molar-refractivity contribution in [3.05, 3.63) is 29.6 Å². The number of ether oxygens (including phenoxy) is 1. The molecule has 0 radical (unpaired) electrons. The van der Waals surface area contributed by atoms with E-state index in [4.69, 9.17) is 4.74 Å². The number of carbonyl (C=O) groups is 1. The van der Waals surface area contributed by atoms with Crippen LogP contribution in [0.1, 0.15) is 55.3 Å². The molecule has 0 aliphatic heterocycles. The summed E-state index contributed by atoms with van der Waals surface area (Å²) in [6.45, 7) is 0. The molecule has 1 aromatic rings. The van der Waals surface area contributed by atoms with Gasteiger partial charge in [-0.15, -0.1) is 0 Å². The molecule has 1 fully saturated rings. The van der Waals surface area contributed by atoms with Gasteiger partial charge >= 0.3 is 0 Å². The lowest BCUT2D eigenvalue weighted by atomic mass is 9.85. The summed E-state index contributed by atoms with van der Waals surface area (Å²) in [5.74, 6) is -0.120. The average molecular weight is 264 g/mol. The van der Waals surface area contributed by atoms with E-state index in [0.29, 0.717) is 5.56 Å². The van der Waals surface area contributed by atoms with E-state index in [9.17, 15) is 9.18 Å². The van der Waals surface area contributed by atoms with E-state index in [1.807, 2.05) is 0 Å². The Kier molecular flexibility index (Phi) is 4.94. The van der Waals surface area contributed by atoms with Crippen LogP contribution in [0.15, 0.2) is 18.2 Å². The van der Waals surface area contributed by atoms with Gasteiger partial charge in [-0.3, -0.25) is 4.79 Å². The molecule has 0 aromatic heterocycles. The number of ketones is 1. The van der Waals surface area contributed by atoms with Gasteiger partial charge in [0.1, 0.15) is 0 Å². The molecular formula is C16H21FO2. The largest absolute Gasteiger partial charge is 0.494 e. The van der Waals surface area contributed by atoms with E-state index in [0.717, 1.165) is 25.7 Å². The zero-order valence-corrected chi connectivity index (χ0v) is 11.5. The molecule has 0 amide bonds. The van der Waals surface area contributed by atoms with Crippen LogP contribution < -0.4 is 4.74 Å². The first-order valence-electron chi connectivity index (χ1n) is 7.10. The van der Waals surface area contributed by atoms with Crippen LogP contribution in [0.5, 0.6) is 5.75 Å². The van der Waals surface area contributed by atoms with E-state index in [1.165, 1.54) is 38.5 Å². The molecule has 0 N–H and O–H groups in total. The van der Waals surface area contributed by atoms with Gasteiger partial charge in [0.05, 0.1) is 7.11 Å². The highest BCUT2D eigenvalue weighted by Gasteiger charge is 2.21. The zero-order valence-electron chi connectivity index (χ0n) is 11.5. The third-order valence-electron chi connectivity index (χ3n) is 3.91. The Morgan fingerprint density at radius 1 is 1.16 bits per heavy atom. The van der Waals surface area contributed by atoms with Gasteiger partial charge in [0, 0.05) is 11.5 Å². The van der Waals surface area contributed by atoms with Gasteiger partial charge in [0.2, 0.25) is 0 Å². The fraction of sp³-hybridized carbons (Fsp3) is 0.562. The second-order valence-corrected chi connectivity index (χ2v) is 5.26. The highest BCUT2D eigenvalue weighted by atomic mass is 19.1. The molecule has 0 spiro atoms. The summed E-state index contributed by atoms with van der Waals surface area (Å²) in [7, 11) is 1.43. The second-order valence-electron chi connectivity index (χ2n) is 5.26. The Hall–Kier alpha value is -1.38. The van der Waals surface area contributed by atoms with E-state index in [1.54, 1.807) is 6.07 Å². The van der Waals surface area contributed by atoms with Crippen molar-refractivity contribution in [2.24, 2.45) is 5.92 Å². The van der Waals surface area contributed by atoms with Gasteiger partial charge in [-0.05, 0) is 31.0 Å². The summed E-state index contributed by atoms with van der Waals surface area (Å²) >= 11 is 0. The first-order chi connectivity index (χ1) is 9.22. The van der Waals surface area contributed by atoms with Gasteiger partial charge in [0.15, 0.2) is 17.3 Å². The van der Waals surface area contributed by atoms with Crippen LogP contribution in [0.3, 0.4) is 0 Å². The third-order valence-corrected chi connectivity index (χ3v) is 3.91. The molecule has 19 heavy (non-hydrogen) atoms. The lowest BCUT2D eigenvalue weighted by Gasteiger charge is -2.18. The highest BCUT2D eigenvalue weighted by Crippen LogP contribution is 2.27. The summed E-state index contributed by atoms with van der Waals surface area (Å²) in [6.07, 6.45) is 7.78. The van der Waals surface area contributed by atoms with Crippen LogP contribution in [-0.2, 0) is 0 Å². The van der Waals surface area contributed by atoms with Crippen LogP contribution in [-0.4, -0.2) is 12.9 Å². The molecule has 3 heteroatoms. The van der Waals surface area contributed by atoms with Crippen LogP contribution in [0, 0.1) is 11.7 Å². The fourth-order valence-electron chi connectivity index (χ4n) is 2.77. The number of benzene rings is 1. The molecular weight excluding hydrogens is 243 g/mol.